The van der Waals surface area contributed by atoms with Gasteiger partial charge in [-0.15, -0.1) is 0 Å². The van der Waals surface area contributed by atoms with Crippen LogP contribution in [0.3, 0.4) is 0 Å². The van der Waals surface area contributed by atoms with Crippen LogP contribution in [0.2, 0.25) is 0 Å². The van der Waals surface area contributed by atoms with Gasteiger partial charge < -0.3 is 19.1 Å². The molecule has 0 unspecified atom stereocenters. The van der Waals surface area contributed by atoms with Crippen molar-refractivity contribution in [2.75, 3.05) is 26.3 Å². The summed E-state index contributed by atoms with van der Waals surface area (Å²) in [5.74, 6) is 0.385. The number of benzene rings is 2. The van der Waals surface area contributed by atoms with Gasteiger partial charge in [0.15, 0.2) is 0 Å². The fraction of sp³-hybridized carbons (Fsp3) is 0.333. The number of fused-ring (bicyclic) bond motifs is 2. The van der Waals surface area contributed by atoms with Gasteiger partial charge in [0.2, 0.25) is 5.91 Å². The molecule has 160 valence electrons. The number of ether oxygens (including phenoxy) is 3. The average molecular weight is 422 g/mol. The van der Waals surface area contributed by atoms with Crippen molar-refractivity contribution in [1.82, 2.24) is 9.88 Å². The second kappa shape index (κ2) is 8.61. The third-order valence-electron chi connectivity index (χ3n) is 5.74. The molecule has 2 fully saturated rings. The predicted octanol–water partition coefficient (Wildman–Crippen LogP) is 2.99. The number of likely N-dealkylation sites (tertiary alicyclic amines) is 1. The molecule has 5 rings (SSSR count). The van der Waals surface area contributed by atoms with Crippen molar-refractivity contribution < 1.29 is 23.4 Å². The Morgan fingerprint density at radius 3 is 2.65 bits per heavy atom. The molecule has 0 spiro atoms. The van der Waals surface area contributed by atoms with Crippen LogP contribution >= 0.6 is 0 Å². The molecule has 0 bridgehead atoms. The smallest absolute Gasteiger partial charge is 0.227 e. The molecule has 3 heterocycles. The number of halogens is 1. The molecule has 2 aromatic carbocycles. The van der Waals surface area contributed by atoms with E-state index >= 15 is 0 Å². The first kappa shape index (κ1) is 19.9. The van der Waals surface area contributed by atoms with Crippen molar-refractivity contribution >= 4 is 16.7 Å². The number of aromatic nitrogens is 1. The van der Waals surface area contributed by atoms with Crippen molar-refractivity contribution in [3.8, 4) is 5.75 Å². The van der Waals surface area contributed by atoms with Crippen molar-refractivity contribution in [3.05, 3.63) is 72.3 Å². The molecule has 3 aromatic rings. The van der Waals surface area contributed by atoms with Crippen LogP contribution in [-0.4, -0.2) is 60.4 Å². The van der Waals surface area contributed by atoms with E-state index in [0.29, 0.717) is 31.9 Å². The van der Waals surface area contributed by atoms with Crippen LogP contribution in [0.15, 0.2) is 60.9 Å². The van der Waals surface area contributed by atoms with Crippen molar-refractivity contribution in [2.45, 2.75) is 24.7 Å². The molecule has 2 aliphatic rings. The highest BCUT2D eigenvalue weighted by molar-refractivity contribution is 5.87. The van der Waals surface area contributed by atoms with Gasteiger partial charge in [-0.3, -0.25) is 9.78 Å². The molecule has 0 N–H and O–H groups in total. The molecule has 1 aromatic heterocycles. The van der Waals surface area contributed by atoms with E-state index in [2.05, 4.69) is 4.98 Å². The number of nitrogens with zero attached hydrogens (tertiary/aromatic N) is 2. The average Bonchev–Trinajstić information content (AvgIpc) is 3.10. The monoisotopic (exact) mass is 422 g/mol. The molecule has 0 saturated carbocycles. The lowest BCUT2D eigenvalue weighted by Gasteiger charge is -2.20. The number of hydrogen-bond acceptors (Lipinski definition) is 5. The molecule has 7 heteroatoms. The van der Waals surface area contributed by atoms with E-state index in [1.807, 2.05) is 30.5 Å². The zero-order chi connectivity index (χ0) is 21.2. The van der Waals surface area contributed by atoms with Gasteiger partial charge in [-0.1, -0.05) is 24.3 Å². The van der Waals surface area contributed by atoms with E-state index < -0.39 is 0 Å². The summed E-state index contributed by atoms with van der Waals surface area (Å²) in [6.45, 7) is 1.69. The number of amides is 1. The van der Waals surface area contributed by atoms with Gasteiger partial charge in [0, 0.05) is 36.3 Å². The maximum absolute atomic E-state index is 13.4. The summed E-state index contributed by atoms with van der Waals surface area (Å²) in [4.78, 5) is 18.5. The highest BCUT2D eigenvalue weighted by atomic mass is 19.1. The van der Waals surface area contributed by atoms with E-state index in [0.717, 1.165) is 16.5 Å². The summed E-state index contributed by atoms with van der Waals surface area (Å²) in [6, 6.07) is 13.9. The standard InChI is InChI=1S/C24H23FN2O4/c25-18-5-1-3-16(9-18)10-24(28)27-12-22-23(13-27)30-15-19(14-29-22)31-21-6-2-4-17-11-26-8-7-20(17)21/h1-9,11,19,22-23H,10,12-15H2/t22-,23-/m0/s1. The topological polar surface area (TPSA) is 60.9 Å². The van der Waals surface area contributed by atoms with E-state index in [9.17, 15) is 9.18 Å². The first-order chi connectivity index (χ1) is 15.2. The molecule has 0 aliphatic carbocycles. The number of carbonyl (C=O) groups excluding carboxylic acids is 1. The molecule has 2 aliphatic heterocycles. The lowest BCUT2D eigenvalue weighted by atomic mass is 10.1. The van der Waals surface area contributed by atoms with E-state index in [1.165, 1.54) is 12.1 Å². The summed E-state index contributed by atoms with van der Waals surface area (Å²) in [5, 5.41) is 2.01. The number of pyridine rings is 1. The Morgan fingerprint density at radius 2 is 1.87 bits per heavy atom. The summed E-state index contributed by atoms with van der Waals surface area (Å²) in [5.41, 5.74) is 0.665. The van der Waals surface area contributed by atoms with Crippen molar-refractivity contribution in [1.29, 1.82) is 0 Å². The van der Waals surface area contributed by atoms with Gasteiger partial charge in [0.1, 0.15) is 29.9 Å². The number of rotatable bonds is 4. The molecular formula is C24H23FN2O4. The predicted molar refractivity (Wildman–Crippen MR) is 112 cm³/mol. The van der Waals surface area contributed by atoms with Crippen LogP contribution in [-0.2, 0) is 20.7 Å². The SMILES string of the molecule is O=C(Cc1cccc(F)c1)N1C[C@@H]2OCC(Oc3cccc4cnccc34)CO[C@H]2C1. The van der Waals surface area contributed by atoms with Crippen LogP contribution in [0.4, 0.5) is 4.39 Å². The van der Waals surface area contributed by atoms with E-state index in [4.69, 9.17) is 14.2 Å². The van der Waals surface area contributed by atoms with Crippen LogP contribution < -0.4 is 4.74 Å². The van der Waals surface area contributed by atoms with Crippen molar-refractivity contribution in [3.63, 3.8) is 0 Å². The normalized spacial score (nSPS) is 21.6. The molecular weight excluding hydrogens is 399 g/mol. The highest BCUT2D eigenvalue weighted by Crippen LogP contribution is 2.27. The molecule has 2 atom stereocenters. The lowest BCUT2D eigenvalue weighted by Crippen LogP contribution is -2.33. The summed E-state index contributed by atoms with van der Waals surface area (Å²) in [7, 11) is 0. The van der Waals surface area contributed by atoms with Gasteiger partial charge in [-0.2, -0.15) is 0 Å². The van der Waals surface area contributed by atoms with Gasteiger partial charge in [-0.05, 0) is 29.8 Å². The molecule has 6 nitrogen and oxygen atoms in total. The Kier molecular flexibility index (Phi) is 5.53. The van der Waals surface area contributed by atoms with Gasteiger partial charge in [0.25, 0.3) is 0 Å². The third-order valence-corrected chi connectivity index (χ3v) is 5.74. The van der Waals surface area contributed by atoms with E-state index in [-0.39, 0.29) is 36.5 Å². The lowest BCUT2D eigenvalue weighted by molar-refractivity contribution is -0.130. The van der Waals surface area contributed by atoms with Crippen LogP contribution in [0.1, 0.15) is 5.56 Å². The third kappa shape index (κ3) is 4.38. The van der Waals surface area contributed by atoms with E-state index in [1.54, 1.807) is 23.2 Å². The highest BCUT2D eigenvalue weighted by Gasteiger charge is 2.39. The second-order valence-electron chi connectivity index (χ2n) is 7.94. The summed E-state index contributed by atoms with van der Waals surface area (Å²) < 4.78 is 31.7. The minimum Gasteiger partial charge on any atom is -0.485 e. The van der Waals surface area contributed by atoms with Gasteiger partial charge in [0.05, 0.1) is 19.6 Å². The Morgan fingerprint density at radius 1 is 1.10 bits per heavy atom. The van der Waals surface area contributed by atoms with Crippen LogP contribution in [0, 0.1) is 5.82 Å². The minimum absolute atomic E-state index is 0.0527. The fourth-order valence-corrected chi connectivity index (χ4v) is 4.15. The fourth-order valence-electron chi connectivity index (χ4n) is 4.15. The molecule has 0 radical (unpaired) electrons. The van der Waals surface area contributed by atoms with Crippen LogP contribution in [0.5, 0.6) is 5.75 Å². The maximum atomic E-state index is 13.4. The van der Waals surface area contributed by atoms with Gasteiger partial charge in [-0.25, -0.2) is 4.39 Å². The summed E-state index contributed by atoms with van der Waals surface area (Å²) in [6.07, 6.45) is 3.10. The molecule has 2 saturated heterocycles. The zero-order valence-corrected chi connectivity index (χ0v) is 16.9. The zero-order valence-electron chi connectivity index (χ0n) is 16.9. The molecule has 1 amide bonds. The van der Waals surface area contributed by atoms with Crippen LogP contribution in [0.25, 0.3) is 10.8 Å². The maximum Gasteiger partial charge on any atom is 0.227 e. The number of carbonyl (C=O) groups is 1. The first-order valence-corrected chi connectivity index (χ1v) is 10.4. The largest absolute Gasteiger partial charge is 0.485 e. The number of hydrogen-bond donors (Lipinski definition) is 0. The first-order valence-electron chi connectivity index (χ1n) is 10.4. The van der Waals surface area contributed by atoms with Crippen molar-refractivity contribution in [2.24, 2.45) is 0 Å². The Hall–Kier alpha value is -3.03. The second-order valence-corrected chi connectivity index (χ2v) is 7.94. The minimum atomic E-state index is -0.336. The molecule has 31 heavy (non-hydrogen) atoms. The Balaban J connectivity index is 1.19. The summed E-state index contributed by atoms with van der Waals surface area (Å²) >= 11 is 0. The quantitative estimate of drug-likeness (QED) is 0.647. The Bertz CT molecular complexity index is 1070. The van der Waals surface area contributed by atoms with Gasteiger partial charge >= 0.3 is 0 Å². The Labute approximate surface area is 179 Å².